The highest BCUT2D eigenvalue weighted by Gasteiger charge is 2.14. The summed E-state index contributed by atoms with van der Waals surface area (Å²) in [4.78, 5) is 24.4. The van der Waals surface area contributed by atoms with E-state index in [2.05, 4.69) is 33.5 Å². The van der Waals surface area contributed by atoms with Gasteiger partial charge in [0.15, 0.2) is 0 Å². The second-order valence-corrected chi connectivity index (χ2v) is 6.28. The number of nitrogens with one attached hydrogen (secondary N) is 2. The van der Waals surface area contributed by atoms with Gasteiger partial charge in [0.1, 0.15) is 5.75 Å². The third kappa shape index (κ3) is 5.06. The van der Waals surface area contributed by atoms with Gasteiger partial charge in [-0.1, -0.05) is 25.5 Å². The molecule has 2 N–H and O–H groups in total. The molecule has 0 radical (unpaired) electrons. The van der Waals surface area contributed by atoms with E-state index in [9.17, 15) is 9.59 Å². The molecule has 0 aliphatic carbocycles. The summed E-state index contributed by atoms with van der Waals surface area (Å²) in [6, 6.07) is 12.0. The number of para-hydroxylation sites is 1. The molecule has 0 heterocycles. The van der Waals surface area contributed by atoms with Gasteiger partial charge in [-0.25, -0.2) is 0 Å². The van der Waals surface area contributed by atoms with Crippen LogP contribution in [0.5, 0.6) is 5.75 Å². The Balaban J connectivity index is 2.14. The fraction of sp³-hybridized carbons (Fsp3) is 0.263. The van der Waals surface area contributed by atoms with Crippen LogP contribution in [-0.2, 0) is 0 Å². The van der Waals surface area contributed by atoms with Crippen molar-refractivity contribution in [3.63, 3.8) is 0 Å². The number of unbranched alkanes of at least 4 members (excludes halogenated alkanes) is 1. The van der Waals surface area contributed by atoms with Crippen LogP contribution in [0.4, 0.5) is 5.69 Å². The third-order valence-corrected chi connectivity index (χ3v) is 4.22. The Morgan fingerprint density at radius 2 is 1.88 bits per heavy atom. The number of carbonyl (C=O) groups excluding carboxylic acids is 2. The van der Waals surface area contributed by atoms with Gasteiger partial charge in [0.25, 0.3) is 11.8 Å². The van der Waals surface area contributed by atoms with Crippen molar-refractivity contribution in [2.45, 2.75) is 19.8 Å². The molecule has 6 heteroatoms. The minimum absolute atomic E-state index is 0.253. The minimum Gasteiger partial charge on any atom is -0.492 e. The highest BCUT2D eigenvalue weighted by molar-refractivity contribution is 9.10. The number of anilines is 1. The largest absolute Gasteiger partial charge is 0.492 e. The van der Waals surface area contributed by atoms with Crippen LogP contribution in [0.2, 0.25) is 0 Å². The van der Waals surface area contributed by atoms with Crippen LogP contribution in [-0.4, -0.2) is 25.5 Å². The van der Waals surface area contributed by atoms with Crippen molar-refractivity contribution in [3.05, 3.63) is 58.1 Å². The second-order valence-electron chi connectivity index (χ2n) is 5.43. The van der Waals surface area contributed by atoms with E-state index in [0.717, 1.165) is 17.3 Å². The Labute approximate surface area is 155 Å². The molecule has 0 spiro atoms. The monoisotopic (exact) mass is 404 g/mol. The van der Waals surface area contributed by atoms with Gasteiger partial charge < -0.3 is 15.4 Å². The summed E-state index contributed by atoms with van der Waals surface area (Å²) in [5.74, 6) is 0.157. The van der Waals surface area contributed by atoms with E-state index in [-0.39, 0.29) is 11.8 Å². The fourth-order valence-corrected chi connectivity index (χ4v) is 2.70. The van der Waals surface area contributed by atoms with Crippen LogP contribution >= 0.6 is 15.9 Å². The molecule has 25 heavy (non-hydrogen) atoms. The molecule has 2 aromatic rings. The number of benzene rings is 2. The van der Waals surface area contributed by atoms with Gasteiger partial charge in [-0.05, 0) is 52.7 Å². The van der Waals surface area contributed by atoms with Crippen molar-refractivity contribution in [3.8, 4) is 5.75 Å². The van der Waals surface area contributed by atoms with Crippen LogP contribution in [0.3, 0.4) is 0 Å². The van der Waals surface area contributed by atoms with Gasteiger partial charge in [-0.2, -0.15) is 0 Å². The Morgan fingerprint density at radius 3 is 2.56 bits per heavy atom. The van der Waals surface area contributed by atoms with Gasteiger partial charge in [0.2, 0.25) is 0 Å². The topological polar surface area (TPSA) is 67.4 Å². The molecule has 0 fully saturated rings. The zero-order valence-electron chi connectivity index (χ0n) is 14.3. The summed E-state index contributed by atoms with van der Waals surface area (Å²) in [6.45, 7) is 2.74. The van der Waals surface area contributed by atoms with Crippen LogP contribution < -0.4 is 15.4 Å². The average molecular weight is 405 g/mol. The minimum atomic E-state index is -0.294. The van der Waals surface area contributed by atoms with E-state index in [1.807, 2.05) is 0 Å². The van der Waals surface area contributed by atoms with Gasteiger partial charge in [0, 0.05) is 12.6 Å². The summed E-state index contributed by atoms with van der Waals surface area (Å²) in [6.07, 6.45) is 2.04. The van der Waals surface area contributed by atoms with Crippen molar-refractivity contribution >= 4 is 33.4 Å². The molecule has 0 saturated carbocycles. The molecule has 2 rings (SSSR count). The van der Waals surface area contributed by atoms with Crippen LogP contribution in [0.25, 0.3) is 0 Å². The fourth-order valence-electron chi connectivity index (χ4n) is 2.20. The van der Waals surface area contributed by atoms with E-state index in [1.165, 1.54) is 0 Å². The predicted octanol–water partition coefficient (Wildman–Crippen LogP) is 4.24. The van der Waals surface area contributed by atoms with E-state index in [0.29, 0.717) is 29.2 Å². The van der Waals surface area contributed by atoms with Crippen LogP contribution in [0, 0.1) is 0 Å². The summed E-state index contributed by atoms with van der Waals surface area (Å²) in [5, 5.41) is 5.34. The summed E-state index contributed by atoms with van der Waals surface area (Å²) < 4.78 is 6.38. The van der Waals surface area contributed by atoms with Crippen molar-refractivity contribution in [1.29, 1.82) is 0 Å². The van der Waals surface area contributed by atoms with E-state index in [1.54, 1.807) is 49.5 Å². The highest BCUT2D eigenvalue weighted by Crippen LogP contribution is 2.27. The first-order chi connectivity index (χ1) is 12.1. The summed E-state index contributed by atoms with van der Waals surface area (Å²) >= 11 is 3.43. The third-order valence-electron chi connectivity index (χ3n) is 3.60. The maximum absolute atomic E-state index is 12.5. The number of halogens is 1. The smallest absolute Gasteiger partial charge is 0.255 e. The zero-order chi connectivity index (χ0) is 18.2. The number of amides is 2. The molecule has 5 nitrogen and oxygen atoms in total. The van der Waals surface area contributed by atoms with E-state index < -0.39 is 0 Å². The lowest BCUT2D eigenvalue weighted by Crippen LogP contribution is -2.21. The molecular formula is C19H21BrN2O3. The molecule has 0 aliphatic rings. The number of carbonyl (C=O) groups is 2. The second kappa shape index (κ2) is 9.22. The molecule has 132 valence electrons. The van der Waals surface area contributed by atoms with Crippen LogP contribution in [0.1, 0.15) is 40.5 Å². The van der Waals surface area contributed by atoms with Crippen molar-refractivity contribution in [1.82, 2.24) is 5.32 Å². The standard InChI is InChI=1S/C19H21BrN2O3/c1-3-4-11-25-17-10-9-13(12-15(17)20)18(23)22-16-8-6-5-7-14(16)19(24)21-2/h5-10,12H,3-4,11H2,1-2H3,(H,21,24)(H,22,23). The molecule has 0 saturated heterocycles. The van der Waals surface area contributed by atoms with Gasteiger partial charge in [-0.15, -0.1) is 0 Å². The first-order valence-corrected chi connectivity index (χ1v) is 8.91. The number of hydrogen-bond donors (Lipinski definition) is 2. The first-order valence-electron chi connectivity index (χ1n) is 8.11. The van der Waals surface area contributed by atoms with Gasteiger partial charge in [0.05, 0.1) is 22.3 Å². The molecule has 0 atom stereocenters. The van der Waals surface area contributed by atoms with E-state index in [4.69, 9.17) is 4.74 Å². The highest BCUT2D eigenvalue weighted by atomic mass is 79.9. The maximum Gasteiger partial charge on any atom is 0.255 e. The SMILES string of the molecule is CCCCOc1ccc(C(=O)Nc2ccccc2C(=O)NC)cc1Br. The lowest BCUT2D eigenvalue weighted by atomic mass is 10.1. The number of hydrogen-bond acceptors (Lipinski definition) is 3. The number of rotatable bonds is 7. The van der Waals surface area contributed by atoms with Gasteiger partial charge in [-0.3, -0.25) is 9.59 Å². The van der Waals surface area contributed by atoms with Gasteiger partial charge >= 0.3 is 0 Å². The normalized spacial score (nSPS) is 10.2. The maximum atomic E-state index is 12.5. The lowest BCUT2D eigenvalue weighted by molar-refractivity contribution is 0.0964. The zero-order valence-corrected chi connectivity index (χ0v) is 15.9. The molecular weight excluding hydrogens is 384 g/mol. The van der Waals surface area contributed by atoms with E-state index >= 15 is 0 Å². The quantitative estimate of drug-likeness (QED) is 0.678. The first kappa shape index (κ1) is 19.0. The Morgan fingerprint density at radius 1 is 1.12 bits per heavy atom. The average Bonchev–Trinajstić information content (AvgIpc) is 2.63. The number of ether oxygens (including phenoxy) is 1. The van der Waals surface area contributed by atoms with Crippen molar-refractivity contribution < 1.29 is 14.3 Å². The molecule has 0 aromatic heterocycles. The van der Waals surface area contributed by atoms with Crippen molar-refractivity contribution in [2.24, 2.45) is 0 Å². The molecule has 2 amide bonds. The summed E-state index contributed by atoms with van der Waals surface area (Å²) in [7, 11) is 1.55. The predicted molar refractivity (Wildman–Crippen MR) is 102 cm³/mol. The summed E-state index contributed by atoms with van der Waals surface area (Å²) in [5.41, 5.74) is 1.35. The van der Waals surface area contributed by atoms with Crippen LogP contribution in [0.15, 0.2) is 46.9 Å². The Kier molecular flexibility index (Phi) is 7.01. The molecule has 2 aromatic carbocycles. The Hall–Kier alpha value is -2.34. The molecule has 0 unspecified atom stereocenters. The lowest BCUT2D eigenvalue weighted by Gasteiger charge is -2.12. The molecule has 0 bridgehead atoms. The van der Waals surface area contributed by atoms with Crippen molar-refractivity contribution in [2.75, 3.05) is 19.0 Å². The Bertz CT molecular complexity index is 762. The molecule has 0 aliphatic heterocycles.